The van der Waals surface area contributed by atoms with Crippen molar-refractivity contribution >= 4 is 5.96 Å². The lowest BCUT2D eigenvalue weighted by Gasteiger charge is -2.16. The van der Waals surface area contributed by atoms with Crippen LogP contribution >= 0.6 is 0 Å². The standard InChI is InChI=1S/C18H27N5O2/c1-4-19-18(21-11-17-22-15(3)25-23-17)20-10-14(2)12-24-13-16-8-6-5-7-9-16/h5-9,14H,4,10-13H2,1-3H3,(H2,19,20,21). The largest absolute Gasteiger partial charge is 0.376 e. The first-order valence-electron chi connectivity index (χ1n) is 8.60. The zero-order valence-electron chi connectivity index (χ0n) is 15.2. The molecular formula is C18H27N5O2. The lowest BCUT2D eigenvalue weighted by atomic mass is 10.2. The SMILES string of the molecule is CCNC(=NCc1noc(C)n1)NCC(C)COCc1ccccc1. The first-order valence-corrected chi connectivity index (χ1v) is 8.60. The molecule has 136 valence electrons. The summed E-state index contributed by atoms with van der Waals surface area (Å²) in [5, 5.41) is 10.4. The third-order valence-corrected chi connectivity index (χ3v) is 3.42. The summed E-state index contributed by atoms with van der Waals surface area (Å²) in [5.41, 5.74) is 1.19. The van der Waals surface area contributed by atoms with Gasteiger partial charge in [-0.15, -0.1) is 0 Å². The summed E-state index contributed by atoms with van der Waals surface area (Å²) in [4.78, 5) is 8.61. The first-order chi connectivity index (χ1) is 12.2. The molecule has 0 radical (unpaired) electrons. The van der Waals surface area contributed by atoms with E-state index < -0.39 is 0 Å². The van der Waals surface area contributed by atoms with Gasteiger partial charge in [0.1, 0.15) is 6.54 Å². The molecule has 0 spiro atoms. The lowest BCUT2D eigenvalue weighted by Crippen LogP contribution is -2.40. The van der Waals surface area contributed by atoms with E-state index in [4.69, 9.17) is 9.26 Å². The van der Waals surface area contributed by atoms with Gasteiger partial charge in [-0.25, -0.2) is 4.99 Å². The van der Waals surface area contributed by atoms with Crippen molar-refractivity contribution < 1.29 is 9.26 Å². The van der Waals surface area contributed by atoms with Crippen molar-refractivity contribution in [2.45, 2.75) is 33.9 Å². The normalized spacial score (nSPS) is 12.8. The summed E-state index contributed by atoms with van der Waals surface area (Å²) in [6.45, 7) is 9.20. The minimum absolute atomic E-state index is 0.361. The second kappa shape index (κ2) is 10.5. The van der Waals surface area contributed by atoms with Crippen molar-refractivity contribution in [1.29, 1.82) is 0 Å². The number of nitrogens with one attached hydrogen (secondary N) is 2. The average Bonchev–Trinajstić information content (AvgIpc) is 3.04. The monoisotopic (exact) mass is 345 g/mol. The minimum atomic E-state index is 0.361. The van der Waals surface area contributed by atoms with Gasteiger partial charge in [-0.3, -0.25) is 0 Å². The van der Waals surface area contributed by atoms with E-state index in [1.165, 1.54) is 5.56 Å². The van der Waals surface area contributed by atoms with Crippen LogP contribution in [0, 0.1) is 12.8 Å². The number of guanidine groups is 1. The molecule has 2 rings (SSSR count). The van der Waals surface area contributed by atoms with Gasteiger partial charge in [0.05, 0.1) is 13.2 Å². The molecule has 0 aliphatic heterocycles. The van der Waals surface area contributed by atoms with Crippen molar-refractivity contribution in [3.8, 4) is 0 Å². The Labute approximate surface area is 148 Å². The number of hydrogen-bond acceptors (Lipinski definition) is 5. The number of aryl methyl sites for hydroxylation is 1. The van der Waals surface area contributed by atoms with E-state index in [0.29, 0.717) is 37.4 Å². The first kappa shape index (κ1) is 18.9. The smallest absolute Gasteiger partial charge is 0.223 e. The third kappa shape index (κ3) is 7.34. The molecule has 0 bridgehead atoms. The molecule has 0 fully saturated rings. The summed E-state index contributed by atoms with van der Waals surface area (Å²) in [7, 11) is 0. The molecule has 0 saturated carbocycles. The molecule has 1 aromatic carbocycles. The van der Waals surface area contributed by atoms with E-state index in [-0.39, 0.29) is 0 Å². The Balaban J connectivity index is 1.71. The maximum Gasteiger partial charge on any atom is 0.223 e. The molecule has 1 heterocycles. The van der Waals surface area contributed by atoms with Crippen molar-refractivity contribution in [2.24, 2.45) is 10.9 Å². The molecule has 0 amide bonds. The van der Waals surface area contributed by atoms with Crippen LogP contribution in [0.4, 0.5) is 0 Å². The predicted molar refractivity (Wildman–Crippen MR) is 97.1 cm³/mol. The molecule has 1 unspecified atom stereocenters. The van der Waals surface area contributed by atoms with E-state index in [1.807, 2.05) is 25.1 Å². The van der Waals surface area contributed by atoms with Gasteiger partial charge in [0.15, 0.2) is 11.8 Å². The highest BCUT2D eigenvalue weighted by atomic mass is 16.5. The number of benzene rings is 1. The second-order valence-electron chi connectivity index (χ2n) is 5.91. The Morgan fingerprint density at radius 1 is 1.28 bits per heavy atom. The molecule has 0 saturated heterocycles. The number of rotatable bonds is 9. The molecule has 7 heteroatoms. The Hall–Kier alpha value is -2.41. The molecule has 0 aliphatic carbocycles. The van der Waals surface area contributed by atoms with Crippen LogP contribution in [0.25, 0.3) is 0 Å². The molecule has 7 nitrogen and oxygen atoms in total. The van der Waals surface area contributed by atoms with Crippen molar-refractivity contribution in [3.05, 3.63) is 47.6 Å². The Morgan fingerprint density at radius 2 is 2.08 bits per heavy atom. The summed E-state index contributed by atoms with van der Waals surface area (Å²) in [5.74, 6) is 2.22. The van der Waals surface area contributed by atoms with E-state index in [9.17, 15) is 0 Å². The Bertz CT molecular complexity index is 642. The molecule has 1 atom stereocenters. The maximum absolute atomic E-state index is 5.77. The van der Waals surface area contributed by atoms with Gasteiger partial charge in [0.25, 0.3) is 0 Å². The molecule has 25 heavy (non-hydrogen) atoms. The van der Waals surface area contributed by atoms with Crippen molar-refractivity contribution in [3.63, 3.8) is 0 Å². The fourth-order valence-corrected chi connectivity index (χ4v) is 2.18. The third-order valence-electron chi connectivity index (χ3n) is 3.42. The average molecular weight is 345 g/mol. The highest BCUT2D eigenvalue weighted by molar-refractivity contribution is 5.79. The number of nitrogens with zero attached hydrogens (tertiary/aromatic N) is 3. The van der Waals surface area contributed by atoms with Gasteiger partial charge in [-0.2, -0.15) is 4.98 Å². The van der Waals surface area contributed by atoms with Crippen LogP contribution in [0.2, 0.25) is 0 Å². The number of aliphatic imine (C=N–C) groups is 1. The van der Waals surface area contributed by atoms with Gasteiger partial charge < -0.3 is 19.9 Å². The molecule has 2 N–H and O–H groups in total. The van der Waals surface area contributed by atoms with E-state index >= 15 is 0 Å². The van der Waals surface area contributed by atoms with E-state index in [0.717, 1.165) is 19.0 Å². The zero-order valence-corrected chi connectivity index (χ0v) is 15.2. The zero-order chi connectivity index (χ0) is 17.9. The van der Waals surface area contributed by atoms with Crippen LogP contribution in [0.1, 0.15) is 31.1 Å². The molecule has 2 aromatic rings. The number of aromatic nitrogens is 2. The van der Waals surface area contributed by atoms with Gasteiger partial charge in [0, 0.05) is 20.0 Å². The summed E-state index contributed by atoms with van der Waals surface area (Å²) < 4.78 is 10.7. The fourth-order valence-electron chi connectivity index (χ4n) is 2.18. The lowest BCUT2D eigenvalue weighted by molar-refractivity contribution is 0.0931. The molecular weight excluding hydrogens is 318 g/mol. The van der Waals surface area contributed by atoms with Gasteiger partial charge in [0.2, 0.25) is 5.89 Å². The van der Waals surface area contributed by atoms with Gasteiger partial charge in [-0.1, -0.05) is 42.4 Å². The van der Waals surface area contributed by atoms with Crippen molar-refractivity contribution in [1.82, 2.24) is 20.8 Å². The minimum Gasteiger partial charge on any atom is -0.376 e. The van der Waals surface area contributed by atoms with E-state index in [2.05, 4.69) is 44.8 Å². The Kier molecular flexibility index (Phi) is 7.91. The van der Waals surface area contributed by atoms with Crippen LogP contribution in [-0.4, -0.2) is 35.8 Å². The molecule has 1 aromatic heterocycles. The fraction of sp³-hybridized carbons (Fsp3) is 0.500. The van der Waals surface area contributed by atoms with Crippen LogP contribution in [0.15, 0.2) is 39.8 Å². The molecule has 0 aliphatic rings. The summed E-state index contributed by atoms with van der Waals surface area (Å²) in [6.07, 6.45) is 0. The van der Waals surface area contributed by atoms with Crippen LogP contribution in [0.5, 0.6) is 0 Å². The predicted octanol–water partition coefficient (Wildman–Crippen LogP) is 2.29. The topological polar surface area (TPSA) is 84.6 Å². The summed E-state index contributed by atoms with van der Waals surface area (Å²) in [6, 6.07) is 10.2. The van der Waals surface area contributed by atoms with Gasteiger partial charge >= 0.3 is 0 Å². The second-order valence-corrected chi connectivity index (χ2v) is 5.91. The quantitative estimate of drug-likeness (QED) is 0.536. The number of ether oxygens (including phenoxy) is 1. The summed E-state index contributed by atoms with van der Waals surface area (Å²) >= 11 is 0. The van der Waals surface area contributed by atoms with E-state index in [1.54, 1.807) is 6.92 Å². The van der Waals surface area contributed by atoms with Crippen LogP contribution in [-0.2, 0) is 17.9 Å². The van der Waals surface area contributed by atoms with Crippen LogP contribution < -0.4 is 10.6 Å². The maximum atomic E-state index is 5.77. The van der Waals surface area contributed by atoms with Crippen molar-refractivity contribution in [2.75, 3.05) is 19.7 Å². The number of hydrogen-bond donors (Lipinski definition) is 2. The highest BCUT2D eigenvalue weighted by Gasteiger charge is 2.06. The van der Waals surface area contributed by atoms with Gasteiger partial charge in [-0.05, 0) is 18.4 Å². The van der Waals surface area contributed by atoms with Crippen LogP contribution in [0.3, 0.4) is 0 Å². The highest BCUT2D eigenvalue weighted by Crippen LogP contribution is 2.03. The Morgan fingerprint density at radius 3 is 2.76 bits per heavy atom.